The van der Waals surface area contributed by atoms with Gasteiger partial charge in [-0.1, -0.05) is 23.7 Å². The van der Waals surface area contributed by atoms with E-state index in [1.165, 1.54) is 29.8 Å². The van der Waals surface area contributed by atoms with Crippen LogP contribution in [-0.2, 0) is 9.59 Å². The smallest absolute Gasteiger partial charge is 0.278 e. The van der Waals surface area contributed by atoms with Crippen LogP contribution in [0, 0.1) is 0 Å². The Hall–Kier alpha value is -3.05. The van der Waals surface area contributed by atoms with Crippen molar-refractivity contribution in [1.82, 2.24) is 20.3 Å². The summed E-state index contributed by atoms with van der Waals surface area (Å²) in [5.41, 5.74) is -0.290. The minimum absolute atomic E-state index is 0.0146. The lowest BCUT2D eigenvalue weighted by Crippen LogP contribution is -2.49. The van der Waals surface area contributed by atoms with Gasteiger partial charge in [0.25, 0.3) is 11.5 Å². The molecule has 1 saturated carbocycles. The molecule has 0 unspecified atom stereocenters. The molecule has 1 aromatic carbocycles. The molecule has 1 aliphatic carbocycles. The topological polar surface area (TPSA) is 88.1 Å². The molecule has 0 spiro atoms. The average Bonchev–Trinajstić information content (AvgIpc) is 3.41. The van der Waals surface area contributed by atoms with Crippen molar-refractivity contribution < 1.29 is 24.1 Å². The van der Waals surface area contributed by atoms with Crippen molar-refractivity contribution in [1.29, 1.82) is 0 Å². The van der Waals surface area contributed by atoms with Gasteiger partial charge in [-0.3, -0.25) is 19.5 Å². The predicted octanol–water partition coefficient (Wildman–Crippen LogP) is 4.90. The second-order valence-electron chi connectivity index (χ2n) is 7.97. The first kappa shape index (κ1) is 23.7. The number of nitrogens with one attached hydrogen (secondary N) is 1. The predicted molar refractivity (Wildman–Crippen MR) is 126 cm³/mol. The first-order valence-electron chi connectivity index (χ1n) is 11.2. The van der Waals surface area contributed by atoms with Crippen LogP contribution in [-0.4, -0.2) is 44.4 Å². The summed E-state index contributed by atoms with van der Waals surface area (Å²) in [6.07, 6.45) is 4.25. The summed E-state index contributed by atoms with van der Waals surface area (Å²) < 4.78 is 50.7. The van der Waals surface area contributed by atoms with Crippen LogP contribution in [0.3, 0.4) is 0 Å². The van der Waals surface area contributed by atoms with Gasteiger partial charge >= 0.3 is 0 Å². The number of amides is 2. The molecule has 0 aliphatic heterocycles. The fourth-order valence-electron chi connectivity index (χ4n) is 3.82. The highest BCUT2D eigenvalue weighted by Gasteiger charge is 2.39. The highest BCUT2D eigenvalue weighted by molar-refractivity contribution is 7.13. The van der Waals surface area contributed by atoms with Gasteiger partial charge in [-0.05, 0) is 30.5 Å². The number of thiazole rings is 1. The lowest BCUT2D eigenvalue weighted by molar-refractivity contribution is -0.128. The van der Waals surface area contributed by atoms with E-state index in [0.717, 1.165) is 22.8 Å². The van der Waals surface area contributed by atoms with E-state index in [0.29, 0.717) is 4.90 Å². The molecular formula is C23H21ClF3N5O2S. The highest BCUT2D eigenvalue weighted by atomic mass is 35.5. The maximum Gasteiger partial charge on any atom is 0.278 e. The second kappa shape index (κ2) is 10.7. The van der Waals surface area contributed by atoms with E-state index in [2.05, 4.69) is 20.3 Å². The summed E-state index contributed by atoms with van der Waals surface area (Å²) in [6.45, 7) is 0. The molecule has 184 valence electrons. The van der Waals surface area contributed by atoms with Crippen LogP contribution in [0.1, 0.15) is 38.6 Å². The van der Waals surface area contributed by atoms with Crippen LogP contribution in [0.15, 0.2) is 54.7 Å². The molecule has 0 radical (unpaired) electrons. The number of carbonyl (C=O) groups excluding carboxylic acids is 2. The summed E-state index contributed by atoms with van der Waals surface area (Å²) in [7, 11) is 0. The summed E-state index contributed by atoms with van der Waals surface area (Å²) in [6, 6.07) is 2.92. The van der Waals surface area contributed by atoms with Crippen LogP contribution in [0.5, 0.6) is 0 Å². The van der Waals surface area contributed by atoms with Crippen molar-refractivity contribution >= 4 is 40.4 Å². The summed E-state index contributed by atoms with van der Waals surface area (Å²) in [5, 5.41) is 2.59. The standard InChI is InChI=1S/C23H21ClF3N5O2S/c24-20(25)22(34)32(17-3-1-14(2-4-17)18-11-30-13-35-18)19(15-9-28-12-29-10-15)21(33)31-16-5-7-23(26,27)8-6-16/h1-4,9-13,16,19-20H,5-8H2,(H,31,33)/t19-,20+/m1/s1/i19D. The average molecular weight is 525 g/mol. The third-order valence-electron chi connectivity index (χ3n) is 5.57. The van der Waals surface area contributed by atoms with E-state index in [1.807, 2.05) is 0 Å². The van der Waals surface area contributed by atoms with Gasteiger partial charge in [-0.15, -0.1) is 11.3 Å². The molecule has 3 aromatic rings. The lowest BCUT2D eigenvalue weighted by Gasteiger charge is -2.34. The number of hydrogen-bond acceptors (Lipinski definition) is 6. The van der Waals surface area contributed by atoms with Crippen molar-refractivity contribution in [2.24, 2.45) is 0 Å². The Morgan fingerprint density at radius 3 is 2.37 bits per heavy atom. The van der Waals surface area contributed by atoms with E-state index < -0.39 is 48.3 Å². The summed E-state index contributed by atoms with van der Waals surface area (Å²) in [4.78, 5) is 39.8. The van der Waals surface area contributed by atoms with Crippen molar-refractivity contribution in [3.63, 3.8) is 0 Å². The number of rotatable bonds is 7. The molecular weight excluding hydrogens is 503 g/mol. The number of aromatic nitrogens is 3. The van der Waals surface area contributed by atoms with Crippen LogP contribution >= 0.6 is 22.9 Å². The monoisotopic (exact) mass is 524 g/mol. The van der Waals surface area contributed by atoms with Gasteiger partial charge in [-0.2, -0.15) is 0 Å². The van der Waals surface area contributed by atoms with Crippen molar-refractivity contribution in [3.8, 4) is 10.4 Å². The van der Waals surface area contributed by atoms with Crippen LogP contribution in [0.25, 0.3) is 10.4 Å². The minimum atomic E-state index is -2.82. The Morgan fingerprint density at radius 1 is 1.14 bits per heavy atom. The molecule has 1 N–H and O–H groups in total. The zero-order valence-electron chi connectivity index (χ0n) is 19.2. The Kier molecular flexibility index (Phi) is 7.24. The molecule has 1 aliphatic rings. The normalized spacial score (nSPS) is 18.7. The fraction of sp³-hybridized carbons (Fsp3) is 0.348. The van der Waals surface area contributed by atoms with Crippen LogP contribution in [0.2, 0.25) is 0 Å². The third-order valence-corrected chi connectivity index (χ3v) is 6.58. The molecule has 2 atom stereocenters. The number of benzene rings is 1. The van der Waals surface area contributed by atoms with Crippen molar-refractivity contribution in [2.45, 2.75) is 49.3 Å². The zero-order chi connectivity index (χ0) is 25.9. The number of halogens is 4. The molecule has 2 aromatic heterocycles. The van der Waals surface area contributed by atoms with Gasteiger partial charge in [0.15, 0.2) is 0 Å². The van der Waals surface area contributed by atoms with E-state index in [4.69, 9.17) is 11.6 Å². The number of alkyl halides is 4. The molecule has 35 heavy (non-hydrogen) atoms. The molecule has 0 bridgehead atoms. The van der Waals surface area contributed by atoms with Gasteiger partial charge < -0.3 is 5.32 Å². The van der Waals surface area contributed by atoms with Gasteiger partial charge in [0, 0.05) is 48.7 Å². The van der Waals surface area contributed by atoms with Gasteiger partial charge in [-0.25, -0.2) is 23.1 Å². The summed E-state index contributed by atoms with van der Waals surface area (Å²) in [5.74, 6) is -5.20. The Labute approximate surface area is 209 Å². The molecule has 1 fully saturated rings. The first-order chi connectivity index (χ1) is 17.1. The van der Waals surface area contributed by atoms with Gasteiger partial charge in [0.1, 0.15) is 12.3 Å². The maximum atomic E-state index is 14.2. The van der Waals surface area contributed by atoms with Crippen molar-refractivity contribution in [3.05, 3.63) is 60.3 Å². The second-order valence-corrected chi connectivity index (χ2v) is 9.24. The third kappa shape index (κ3) is 5.96. The van der Waals surface area contributed by atoms with E-state index >= 15 is 0 Å². The lowest BCUT2D eigenvalue weighted by atomic mass is 9.92. The Bertz CT molecular complexity index is 1190. The minimum Gasteiger partial charge on any atom is -0.351 e. The molecule has 2 heterocycles. The maximum absolute atomic E-state index is 14.2. The number of anilines is 1. The van der Waals surface area contributed by atoms with Crippen LogP contribution < -0.4 is 10.2 Å². The zero-order valence-corrected chi connectivity index (χ0v) is 19.8. The number of hydrogen-bond donors (Lipinski definition) is 1. The van der Waals surface area contributed by atoms with Crippen LogP contribution in [0.4, 0.5) is 18.9 Å². The van der Waals surface area contributed by atoms with Gasteiger partial charge in [0.2, 0.25) is 11.8 Å². The highest BCUT2D eigenvalue weighted by Crippen LogP contribution is 2.35. The Balaban J connectivity index is 1.75. The summed E-state index contributed by atoms with van der Waals surface area (Å²) >= 11 is 6.90. The molecule has 7 nitrogen and oxygen atoms in total. The molecule has 4 rings (SSSR count). The first-order valence-corrected chi connectivity index (χ1v) is 12.0. The fourth-order valence-corrected chi connectivity index (χ4v) is 4.55. The van der Waals surface area contributed by atoms with E-state index in [1.54, 1.807) is 23.8 Å². The molecule has 12 heteroatoms. The number of nitrogens with zero attached hydrogens (tertiary/aromatic N) is 4. The SMILES string of the molecule is [2H][C@](C(=O)NC1CCC(F)(F)CC1)(c1cncnc1)N(C(=O)[C@H](F)Cl)c1ccc(-c2cncs2)cc1. The molecule has 2 amide bonds. The largest absolute Gasteiger partial charge is 0.351 e. The van der Waals surface area contributed by atoms with Gasteiger partial charge in [0.05, 0.1) is 11.8 Å². The van der Waals surface area contributed by atoms with E-state index in [9.17, 15) is 24.1 Å². The quantitative estimate of drug-likeness (QED) is 0.444. The Morgan fingerprint density at radius 2 is 1.80 bits per heavy atom. The van der Waals surface area contributed by atoms with E-state index in [-0.39, 0.29) is 24.1 Å². The number of carbonyl (C=O) groups is 2. The molecule has 0 saturated heterocycles. The van der Waals surface area contributed by atoms with Crippen molar-refractivity contribution in [2.75, 3.05) is 4.90 Å².